The molecule has 0 saturated carbocycles. The minimum atomic E-state index is -0.282. The highest BCUT2D eigenvalue weighted by Gasteiger charge is 2.16. The van der Waals surface area contributed by atoms with E-state index in [1.54, 1.807) is 6.07 Å². The molecule has 9 heteroatoms. The van der Waals surface area contributed by atoms with Crippen LogP contribution in [0.5, 0.6) is 0 Å². The van der Waals surface area contributed by atoms with Crippen molar-refractivity contribution < 1.29 is 4.79 Å². The average molecular weight is 350 g/mol. The summed E-state index contributed by atoms with van der Waals surface area (Å²) in [6.45, 7) is 2.86. The van der Waals surface area contributed by atoms with Crippen molar-refractivity contribution in [2.45, 2.75) is 25.8 Å². The van der Waals surface area contributed by atoms with Gasteiger partial charge in [0.05, 0.1) is 17.9 Å². The zero-order chi connectivity index (χ0) is 16.8. The fourth-order valence-corrected chi connectivity index (χ4v) is 2.92. The van der Waals surface area contributed by atoms with Crippen LogP contribution >= 0.6 is 11.6 Å². The van der Waals surface area contributed by atoms with Gasteiger partial charge < -0.3 is 15.5 Å². The van der Waals surface area contributed by atoms with Gasteiger partial charge in [-0.2, -0.15) is 4.80 Å². The van der Waals surface area contributed by atoms with E-state index in [2.05, 4.69) is 30.9 Å². The number of carbonyl (C=O) groups excluding carboxylic acids is 1. The number of nitrogens with zero attached hydrogens (tertiary/aromatic N) is 5. The van der Waals surface area contributed by atoms with Gasteiger partial charge in [0, 0.05) is 24.7 Å². The zero-order valence-corrected chi connectivity index (χ0v) is 14.0. The van der Waals surface area contributed by atoms with Crippen LogP contribution in [-0.4, -0.2) is 45.9 Å². The summed E-state index contributed by atoms with van der Waals surface area (Å²) in [6, 6.07) is 5.31. The van der Waals surface area contributed by atoms with Crippen LogP contribution in [0, 0.1) is 0 Å². The molecule has 1 fully saturated rings. The van der Waals surface area contributed by atoms with Crippen molar-refractivity contribution in [1.29, 1.82) is 0 Å². The Morgan fingerprint density at radius 2 is 2.08 bits per heavy atom. The standard InChI is InChI=1S/C15H20ClN7O/c16-12-4-5-14(22-7-2-1-3-8-22)13(10-12)20-15(24)17-6-9-23-19-11-18-21-23/h4-5,10-11H,1-3,6-9H2,(H2,17,20,24). The van der Waals surface area contributed by atoms with E-state index >= 15 is 0 Å². The average Bonchev–Trinajstić information content (AvgIpc) is 3.09. The SMILES string of the molecule is O=C(NCCn1ncnn1)Nc1cc(Cl)ccc1N1CCCCC1. The highest BCUT2D eigenvalue weighted by molar-refractivity contribution is 6.31. The monoisotopic (exact) mass is 349 g/mol. The number of tetrazole rings is 1. The van der Waals surface area contributed by atoms with Crippen LogP contribution in [0.4, 0.5) is 16.2 Å². The third kappa shape index (κ3) is 4.35. The molecule has 2 aromatic rings. The predicted molar refractivity (Wildman–Crippen MR) is 92.4 cm³/mol. The van der Waals surface area contributed by atoms with E-state index in [9.17, 15) is 4.79 Å². The van der Waals surface area contributed by atoms with Crippen LogP contribution < -0.4 is 15.5 Å². The van der Waals surface area contributed by atoms with Crippen molar-refractivity contribution in [2.24, 2.45) is 0 Å². The Morgan fingerprint density at radius 1 is 1.25 bits per heavy atom. The van der Waals surface area contributed by atoms with E-state index in [0.717, 1.165) is 24.5 Å². The van der Waals surface area contributed by atoms with E-state index in [1.165, 1.54) is 30.4 Å². The van der Waals surface area contributed by atoms with Gasteiger partial charge in [-0.25, -0.2) is 4.79 Å². The Bertz CT molecular complexity index is 670. The minimum absolute atomic E-state index is 0.282. The number of anilines is 2. The number of urea groups is 1. The molecule has 0 unspecified atom stereocenters. The first-order valence-corrected chi connectivity index (χ1v) is 8.40. The van der Waals surface area contributed by atoms with Gasteiger partial charge in [0.1, 0.15) is 0 Å². The number of carbonyl (C=O) groups is 1. The second kappa shape index (κ2) is 7.96. The number of rotatable bonds is 5. The van der Waals surface area contributed by atoms with E-state index < -0.39 is 0 Å². The molecule has 2 amide bonds. The molecule has 3 rings (SSSR count). The maximum Gasteiger partial charge on any atom is 0.319 e. The third-order valence-electron chi connectivity index (χ3n) is 3.89. The summed E-state index contributed by atoms with van der Waals surface area (Å²) < 4.78 is 0. The van der Waals surface area contributed by atoms with Crippen molar-refractivity contribution in [3.63, 3.8) is 0 Å². The molecule has 1 aliphatic rings. The van der Waals surface area contributed by atoms with Gasteiger partial charge in [-0.1, -0.05) is 11.6 Å². The maximum atomic E-state index is 12.1. The lowest BCUT2D eigenvalue weighted by Crippen LogP contribution is -2.34. The topological polar surface area (TPSA) is 88.0 Å². The zero-order valence-electron chi connectivity index (χ0n) is 13.3. The Kier molecular flexibility index (Phi) is 5.47. The van der Waals surface area contributed by atoms with Gasteiger partial charge in [-0.05, 0) is 42.7 Å². The van der Waals surface area contributed by atoms with Gasteiger partial charge >= 0.3 is 6.03 Å². The molecule has 0 aliphatic carbocycles. The molecule has 128 valence electrons. The molecular formula is C15H20ClN7O. The van der Waals surface area contributed by atoms with Gasteiger partial charge in [0.2, 0.25) is 0 Å². The maximum absolute atomic E-state index is 12.1. The van der Waals surface area contributed by atoms with Crippen molar-refractivity contribution in [1.82, 2.24) is 25.5 Å². The number of nitrogens with one attached hydrogen (secondary N) is 2. The van der Waals surface area contributed by atoms with Crippen LogP contribution in [0.15, 0.2) is 24.5 Å². The summed E-state index contributed by atoms with van der Waals surface area (Å²) in [5.41, 5.74) is 1.73. The number of benzene rings is 1. The minimum Gasteiger partial charge on any atom is -0.370 e. The van der Waals surface area contributed by atoms with E-state index in [-0.39, 0.29) is 6.03 Å². The largest absolute Gasteiger partial charge is 0.370 e. The van der Waals surface area contributed by atoms with Crippen LogP contribution in [-0.2, 0) is 6.54 Å². The van der Waals surface area contributed by atoms with Crippen molar-refractivity contribution in [3.8, 4) is 0 Å². The van der Waals surface area contributed by atoms with Crippen molar-refractivity contribution in [2.75, 3.05) is 29.9 Å². The molecule has 1 aliphatic heterocycles. The molecule has 24 heavy (non-hydrogen) atoms. The number of hydrogen-bond donors (Lipinski definition) is 2. The van der Waals surface area contributed by atoms with Gasteiger partial charge in [0.15, 0.2) is 6.33 Å². The number of aromatic nitrogens is 4. The first-order chi connectivity index (χ1) is 11.7. The second-order valence-corrected chi connectivity index (χ2v) is 6.06. The van der Waals surface area contributed by atoms with Gasteiger partial charge in [-0.3, -0.25) is 0 Å². The molecule has 0 radical (unpaired) electrons. The van der Waals surface area contributed by atoms with Crippen LogP contribution in [0.2, 0.25) is 5.02 Å². The molecular weight excluding hydrogens is 330 g/mol. The lowest BCUT2D eigenvalue weighted by Gasteiger charge is -2.30. The van der Waals surface area contributed by atoms with Gasteiger partial charge in [-0.15, -0.1) is 10.2 Å². The smallest absolute Gasteiger partial charge is 0.319 e. The Morgan fingerprint density at radius 3 is 2.83 bits per heavy atom. The Hall–Kier alpha value is -2.35. The van der Waals surface area contributed by atoms with Gasteiger partial charge in [0.25, 0.3) is 0 Å². The molecule has 8 nitrogen and oxygen atoms in total. The molecule has 1 aromatic carbocycles. The fraction of sp³-hybridized carbons (Fsp3) is 0.467. The number of halogens is 1. The quantitative estimate of drug-likeness (QED) is 0.863. The highest BCUT2D eigenvalue weighted by atomic mass is 35.5. The molecule has 0 bridgehead atoms. The number of piperidine rings is 1. The molecule has 1 saturated heterocycles. The summed E-state index contributed by atoms with van der Waals surface area (Å²) in [6.07, 6.45) is 4.94. The molecule has 2 N–H and O–H groups in total. The van der Waals surface area contributed by atoms with Crippen molar-refractivity contribution in [3.05, 3.63) is 29.5 Å². The van der Waals surface area contributed by atoms with E-state index in [4.69, 9.17) is 11.6 Å². The van der Waals surface area contributed by atoms with Crippen LogP contribution in [0.25, 0.3) is 0 Å². The third-order valence-corrected chi connectivity index (χ3v) is 4.13. The molecule has 0 atom stereocenters. The second-order valence-electron chi connectivity index (χ2n) is 5.62. The Balaban J connectivity index is 1.60. The summed E-state index contributed by atoms with van der Waals surface area (Å²) in [7, 11) is 0. The highest BCUT2D eigenvalue weighted by Crippen LogP contribution is 2.31. The number of hydrogen-bond acceptors (Lipinski definition) is 5. The van der Waals surface area contributed by atoms with E-state index in [1.807, 2.05) is 12.1 Å². The number of amides is 2. The normalized spacial score (nSPS) is 14.5. The first-order valence-electron chi connectivity index (χ1n) is 8.02. The molecule has 2 heterocycles. The van der Waals surface area contributed by atoms with E-state index in [0.29, 0.717) is 18.1 Å². The lowest BCUT2D eigenvalue weighted by atomic mass is 10.1. The Labute approximate surface area is 145 Å². The lowest BCUT2D eigenvalue weighted by molar-refractivity contribution is 0.251. The molecule has 0 spiro atoms. The molecule has 1 aromatic heterocycles. The summed E-state index contributed by atoms with van der Waals surface area (Å²) >= 11 is 6.09. The van der Waals surface area contributed by atoms with Crippen LogP contribution in [0.1, 0.15) is 19.3 Å². The first kappa shape index (κ1) is 16.5. The predicted octanol–water partition coefficient (Wildman–Crippen LogP) is 2.14. The van der Waals surface area contributed by atoms with Crippen molar-refractivity contribution >= 4 is 29.0 Å². The summed E-state index contributed by atoms with van der Waals surface area (Å²) in [4.78, 5) is 15.8. The van der Waals surface area contributed by atoms with Crippen LogP contribution in [0.3, 0.4) is 0 Å². The fourth-order valence-electron chi connectivity index (χ4n) is 2.75. The summed E-state index contributed by atoms with van der Waals surface area (Å²) in [5, 5.41) is 17.5. The summed E-state index contributed by atoms with van der Waals surface area (Å²) in [5.74, 6) is 0.